The van der Waals surface area contributed by atoms with Crippen molar-refractivity contribution in [1.29, 1.82) is 0 Å². The molecule has 1 aliphatic carbocycles. The monoisotopic (exact) mass is 391 g/mol. The molecule has 2 aliphatic rings. The van der Waals surface area contributed by atoms with Crippen LogP contribution in [0.4, 0.5) is 4.79 Å². The molecule has 2 fully saturated rings. The number of hydrogen-bond donors (Lipinski definition) is 0. The maximum Gasteiger partial charge on any atom is 0.410 e. The molecule has 6 nitrogen and oxygen atoms in total. The number of hydrogen-bond acceptors (Lipinski definition) is 5. The Hall–Kier alpha value is -1.63. The average Bonchev–Trinajstić information content (AvgIpc) is 2.75. The second-order valence-corrected chi connectivity index (χ2v) is 7.74. The zero-order chi connectivity index (χ0) is 19.8. The van der Waals surface area contributed by atoms with E-state index in [0.29, 0.717) is 31.7 Å². The summed E-state index contributed by atoms with van der Waals surface area (Å²) in [6, 6.07) is 9.78. The Kier molecular flexibility index (Phi) is 8.13. The quantitative estimate of drug-likeness (QED) is 0.658. The highest BCUT2D eigenvalue weighted by Crippen LogP contribution is 2.31. The minimum atomic E-state index is -0.229. The lowest BCUT2D eigenvalue weighted by Crippen LogP contribution is -2.42. The van der Waals surface area contributed by atoms with Crippen molar-refractivity contribution in [3.63, 3.8) is 0 Å². The summed E-state index contributed by atoms with van der Waals surface area (Å²) in [4.78, 5) is 14.1. The summed E-state index contributed by atoms with van der Waals surface area (Å²) in [7, 11) is 3.41. The Morgan fingerprint density at radius 1 is 0.964 bits per heavy atom. The third kappa shape index (κ3) is 5.93. The number of amides is 1. The second kappa shape index (κ2) is 10.8. The highest BCUT2D eigenvalue weighted by atomic mass is 16.7. The molecule has 0 atom stereocenters. The molecule has 0 aromatic heterocycles. The van der Waals surface area contributed by atoms with Crippen LogP contribution in [0.25, 0.3) is 0 Å². The Labute approximate surface area is 168 Å². The van der Waals surface area contributed by atoms with E-state index < -0.39 is 0 Å². The lowest BCUT2D eigenvalue weighted by Gasteiger charge is -2.36. The molecule has 0 unspecified atom stereocenters. The van der Waals surface area contributed by atoms with Crippen LogP contribution in [-0.2, 0) is 25.6 Å². The maximum atomic E-state index is 12.3. The molecule has 1 saturated carbocycles. The van der Waals surface area contributed by atoms with Gasteiger partial charge in [-0.1, -0.05) is 30.3 Å². The molecule has 0 bridgehead atoms. The van der Waals surface area contributed by atoms with E-state index in [9.17, 15) is 4.79 Å². The van der Waals surface area contributed by atoms with Gasteiger partial charge < -0.3 is 23.8 Å². The van der Waals surface area contributed by atoms with Crippen molar-refractivity contribution in [2.75, 3.05) is 27.3 Å². The van der Waals surface area contributed by atoms with Gasteiger partial charge in [0.25, 0.3) is 0 Å². The van der Waals surface area contributed by atoms with Gasteiger partial charge in [-0.05, 0) is 44.1 Å². The van der Waals surface area contributed by atoms with Crippen LogP contribution in [0.5, 0.6) is 0 Å². The van der Waals surface area contributed by atoms with Crippen LogP contribution in [0.15, 0.2) is 30.3 Å². The van der Waals surface area contributed by atoms with Gasteiger partial charge in [0.2, 0.25) is 0 Å². The Balaban J connectivity index is 1.34. The minimum Gasteiger partial charge on any atom is -0.445 e. The fraction of sp³-hybridized carbons (Fsp3) is 0.682. The van der Waals surface area contributed by atoms with Gasteiger partial charge in [-0.3, -0.25) is 0 Å². The van der Waals surface area contributed by atoms with Gasteiger partial charge in [0, 0.05) is 33.2 Å². The summed E-state index contributed by atoms with van der Waals surface area (Å²) < 4.78 is 22.5. The SMILES string of the molecule is COC(OC)[C@H]1CC[C@H](OC2CCN(C(=O)OCc3ccccc3)CC2)CC1. The first-order chi connectivity index (χ1) is 13.7. The summed E-state index contributed by atoms with van der Waals surface area (Å²) in [5, 5.41) is 0. The molecule has 1 amide bonds. The lowest BCUT2D eigenvalue weighted by atomic mass is 9.86. The van der Waals surface area contributed by atoms with Gasteiger partial charge in [0.05, 0.1) is 12.2 Å². The summed E-state index contributed by atoms with van der Waals surface area (Å²) in [5.74, 6) is 0.455. The van der Waals surface area contributed by atoms with Crippen LogP contribution in [0.3, 0.4) is 0 Å². The number of rotatable bonds is 7. The number of benzene rings is 1. The largest absolute Gasteiger partial charge is 0.445 e. The summed E-state index contributed by atoms with van der Waals surface area (Å²) in [6.07, 6.45) is 6.20. The summed E-state index contributed by atoms with van der Waals surface area (Å²) in [6.45, 7) is 1.72. The summed E-state index contributed by atoms with van der Waals surface area (Å²) >= 11 is 0. The van der Waals surface area contributed by atoms with Gasteiger partial charge in [-0.2, -0.15) is 0 Å². The molecule has 1 heterocycles. The zero-order valence-corrected chi connectivity index (χ0v) is 17.0. The number of piperidine rings is 1. The molecule has 6 heteroatoms. The van der Waals surface area contributed by atoms with Gasteiger partial charge in [-0.25, -0.2) is 4.79 Å². The van der Waals surface area contributed by atoms with Gasteiger partial charge >= 0.3 is 6.09 Å². The van der Waals surface area contributed by atoms with E-state index in [4.69, 9.17) is 18.9 Å². The molecule has 156 valence electrons. The van der Waals surface area contributed by atoms with Gasteiger partial charge in [0.15, 0.2) is 6.29 Å². The number of carbonyl (C=O) groups is 1. The van der Waals surface area contributed by atoms with Crippen LogP contribution in [0, 0.1) is 5.92 Å². The fourth-order valence-electron chi connectivity index (χ4n) is 4.24. The number of ether oxygens (including phenoxy) is 4. The van der Waals surface area contributed by atoms with E-state index in [1.807, 2.05) is 30.3 Å². The molecule has 1 saturated heterocycles. The van der Waals surface area contributed by atoms with Crippen molar-refractivity contribution in [1.82, 2.24) is 4.90 Å². The molecule has 0 radical (unpaired) electrons. The van der Waals surface area contributed by atoms with Crippen molar-refractivity contribution in [3.05, 3.63) is 35.9 Å². The van der Waals surface area contributed by atoms with E-state index in [-0.39, 0.29) is 18.5 Å². The van der Waals surface area contributed by atoms with Crippen molar-refractivity contribution in [2.24, 2.45) is 5.92 Å². The van der Waals surface area contributed by atoms with Crippen LogP contribution in [0.1, 0.15) is 44.1 Å². The molecule has 1 aromatic carbocycles. The molecule has 0 N–H and O–H groups in total. The highest BCUT2D eigenvalue weighted by molar-refractivity contribution is 5.67. The maximum absolute atomic E-state index is 12.3. The fourth-order valence-corrected chi connectivity index (χ4v) is 4.24. The molecule has 3 rings (SSSR count). The van der Waals surface area contributed by atoms with Crippen LogP contribution in [-0.4, -0.2) is 56.8 Å². The molecule has 1 aromatic rings. The van der Waals surface area contributed by atoms with Crippen LogP contribution >= 0.6 is 0 Å². The molecule has 28 heavy (non-hydrogen) atoms. The minimum absolute atomic E-state index is 0.105. The van der Waals surface area contributed by atoms with Crippen molar-refractivity contribution in [3.8, 4) is 0 Å². The van der Waals surface area contributed by atoms with Crippen molar-refractivity contribution < 1.29 is 23.7 Å². The Morgan fingerprint density at radius 2 is 1.57 bits per heavy atom. The summed E-state index contributed by atoms with van der Waals surface area (Å²) in [5.41, 5.74) is 1.01. The highest BCUT2D eigenvalue weighted by Gasteiger charge is 2.31. The standard InChI is InChI=1S/C22H33NO5/c1-25-21(26-2)18-8-10-19(11-9-18)28-20-12-14-23(15-13-20)22(24)27-16-17-6-4-3-5-7-17/h3-7,18-21H,8-16H2,1-2H3/t18-,19-. The first kappa shape index (κ1) is 21.1. The average molecular weight is 392 g/mol. The lowest BCUT2D eigenvalue weighted by molar-refractivity contribution is -0.153. The molecule has 0 spiro atoms. The molecular weight excluding hydrogens is 358 g/mol. The smallest absolute Gasteiger partial charge is 0.410 e. The zero-order valence-electron chi connectivity index (χ0n) is 17.0. The van der Waals surface area contributed by atoms with E-state index in [1.54, 1.807) is 19.1 Å². The third-order valence-electron chi connectivity index (χ3n) is 5.86. The topological polar surface area (TPSA) is 57.2 Å². The van der Waals surface area contributed by atoms with E-state index >= 15 is 0 Å². The van der Waals surface area contributed by atoms with Crippen molar-refractivity contribution in [2.45, 2.75) is 63.6 Å². The van der Waals surface area contributed by atoms with Crippen LogP contribution < -0.4 is 0 Å². The van der Waals surface area contributed by atoms with Gasteiger partial charge in [-0.15, -0.1) is 0 Å². The number of nitrogens with zero attached hydrogens (tertiary/aromatic N) is 1. The van der Waals surface area contributed by atoms with E-state index in [2.05, 4.69) is 0 Å². The Morgan fingerprint density at radius 3 is 2.18 bits per heavy atom. The third-order valence-corrected chi connectivity index (χ3v) is 5.86. The molecule has 1 aliphatic heterocycles. The van der Waals surface area contributed by atoms with Crippen molar-refractivity contribution >= 4 is 6.09 Å². The van der Waals surface area contributed by atoms with E-state index in [1.165, 1.54) is 0 Å². The Bertz CT molecular complexity index is 576. The first-order valence-corrected chi connectivity index (χ1v) is 10.4. The number of carbonyl (C=O) groups excluding carboxylic acids is 1. The first-order valence-electron chi connectivity index (χ1n) is 10.4. The van der Waals surface area contributed by atoms with E-state index in [0.717, 1.165) is 44.1 Å². The number of likely N-dealkylation sites (tertiary alicyclic amines) is 1. The normalized spacial score (nSPS) is 23.8. The predicted octanol–water partition coefficient (Wildman–Crippen LogP) is 3.98. The second-order valence-electron chi connectivity index (χ2n) is 7.74. The number of methoxy groups -OCH3 is 2. The van der Waals surface area contributed by atoms with Gasteiger partial charge in [0.1, 0.15) is 6.61 Å². The molecular formula is C22H33NO5. The van der Waals surface area contributed by atoms with Crippen LogP contribution in [0.2, 0.25) is 0 Å². The predicted molar refractivity (Wildman–Crippen MR) is 106 cm³/mol.